The Kier molecular flexibility index (Phi) is 4.92. The Morgan fingerprint density at radius 3 is 2.62 bits per heavy atom. The van der Waals surface area contributed by atoms with E-state index >= 15 is 0 Å². The highest BCUT2D eigenvalue weighted by molar-refractivity contribution is 7.89. The normalized spacial score (nSPS) is 16.7. The zero-order valence-corrected chi connectivity index (χ0v) is 12.1. The highest BCUT2D eigenvalue weighted by atomic mass is 32.2. The van der Waals surface area contributed by atoms with Crippen molar-refractivity contribution >= 4 is 16.0 Å². The average Bonchev–Trinajstić information content (AvgIpc) is 2.44. The lowest BCUT2D eigenvalue weighted by atomic mass is 10.0. The summed E-state index contributed by atoms with van der Waals surface area (Å²) in [5.74, 6) is -1.43. The van der Waals surface area contributed by atoms with E-state index in [1.54, 1.807) is 0 Å². The van der Waals surface area contributed by atoms with E-state index < -0.39 is 26.7 Å². The highest BCUT2D eigenvalue weighted by Gasteiger charge is 2.19. The van der Waals surface area contributed by atoms with Crippen molar-refractivity contribution in [1.82, 2.24) is 0 Å². The molecule has 0 spiro atoms. The predicted octanol–water partition coefficient (Wildman–Crippen LogP) is 1.06. The molecule has 0 unspecified atom stereocenters. The summed E-state index contributed by atoms with van der Waals surface area (Å²) in [5, 5.41) is 4.93. The van der Waals surface area contributed by atoms with Crippen molar-refractivity contribution in [3.8, 4) is 0 Å². The van der Waals surface area contributed by atoms with Crippen LogP contribution in [0.4, 0.5) is 4.39 Å². The van der Waals surface area contributed by atoms with E-state index in [2.05, 4.69) is 0 Å². The number of halogens is 1. The maximum atomic E-state index is 13.4. The lowest BCUT2D eigenvalue weighted by Gasteiger charge is -2.21. The molecule has 0 aromatic heterocycles. The van der Waals surface area contributed by atoms with Gasteiger partial charge in [-0.25, -0.2) is 22.7 Å². The maximum Gasteiger partial charge on any atom is 0.338 e. The molecule has 1 saturated heterocycles. The van der Waals surface area contributed by atoms with Gasteiger partial charge in [0.15, 0.2) is 0 Å². The van der Waals surface area contributed by atoms with Gasteiger partial charge < -0.3 is 9.47 Å². The van der Waals surface area contributed by atoms with E-state index in [1.165, 1.54) is 0 Å². The molecular weight excluding hydrogens is 301 g/mol. The Hall–Kier alpha value is -1.51. The summed E-state index contributed by atoms with van der Waals surface area (Å²) >= 11 is 0. The molecule has 116 valence electrons. The molecule has 0 radical (unpaired) electrons. The van der Waals surface area contributed by atoms with Crippen molar-refractivity contribution in [1.29, 1.82) is 0 Å². The highest BCUT2D eigenvalue weighted by Crippen LogP contribution is 2.17. The van der Waals surface area contributed by atoms with E-state index in [0.717, 1.165) is 31.0 Å². The van der Waals surface area contributed by atoms with Crippen molar-refractivity contribution in [3.05, 3.63) is 29.6 Å². The Labute approximate surface area is 122 Å². The molecular formula is C13H16FNO5S. The Morgan fingerprint density at radius 2 is 2.00 bits per heavy atom. The molecule has 0 saturated carbocycles. The summed E-state index contributed by atoms with van der Waals surface area (Å²) in [6.45, 7) is 1.44. The van der Waals surface area contributed by atoms with Gasteiger partial charge >= 0.3 is 5.97 Å². The summed E-state index contributed by atoms with van der Waals surface area (Å²) in [5.41, 5.74) is -0.175. The van der Waals surface area contributed by atoms with Crippen LogP contribution < -0.4 is 5.14 Å². The third-order valence-electron chi connectivity index (χ3n) is 3.23. The van der Waals surface area contributed by atoms with Gasteiger partial charge in [-0.2, -0.15) is 0 Å². The molecule has 1 aromatic rings. The van der Waals surface area contributed by atoms with Crippen LogP contribution in [0.25, 0.3) is 0 Å². The van der Waals surface area contributed by atoms with Crippen molar-refractivity contribution < 1.29 is 27.1 Å². The fourth-order valence-corrected chi connectivity index (χ4v) is 2.60. The van der Waals surface area contributed by atoms with Crippen LogP contribution >= 0.6 is 0 Å². The molecule has 21 heavy (non-hydrogen) atoms. The Balaban J connectivity index is 2.06. The van der Waals surface area contributed by atoms with Crippen LogP contribution in [-0.2, 0) is 19.5 Å². The first-order chi connectivity index (χ1) is 9.86. The zero-order chi connectivity index (χ0) is 15.5. The maximum absolute atomic E-state index is 13.4. The van der Waals surface area contributed by atoms with E-state index in [-0.39, 0.29) is 18.1 Å². The van der Waals surface area contributed by atoms with Gasteiger partial charge in [-0.05, 0) is 37.0 Å². The predicted molar refractivity (Wildman–Crippen MR) is 71.6 cm³/mol. The fourth-order valence-electron chi connectivity index (χ4n) is 2.03. The summed E-state index contributed by atoms with van der Waals surface area (Å²) in [7, 11) is -4.08. The number of carbonyl (C=O) groups excluding carboxylic acids is 1. The van der Waals surface area contributed by atoms with Crippen LogP contribution in [0.2, 0.25) is 0 Å². The SMILES string of the molecule is NS(=O)(=O)c1cc(F)cc(C(=O)OCC2CCOCC2)c1. The van der Waals surface area contributed by atoms with Crippen LogP contribution in [0, 0.1) is 11.7 Å². The quantitative estimate of drug-likeness (QED) is 0.838. The molecule has 2 rings (SSSR count). The van der Waals surface area contributed by atoms with Gasteiger partial charge in [-0.3, -0.25) is 0 Å². The van der Waals surface area contributed by atoms with Crippen LogP contribution in [-0.4, -0.2) is 34.2 Å². The van der Waals surface area contributed by atoms with E-state index in [4.69, 9.17) is 14.6 Å². The second kappa shape index (κ2) is 6.50. The molecule has 0 amide bonds. The van der Waals surface area contributed by atoms with Crippen molar-refractivity contribution in [2.24, 2.45) is 11.1 Å². The Bertz CT molecular complexity index is 625. The first-order valence-electron chi connectivity index (χ1n) is 6.44. The van der Waals surface area contributed by atoms with Crippen LogP contribution in [0.15, 0.2) is 23.1 Å². The lowest BCUT2D eigenvalue weighted by molar-refractivity contribution is 0.0185. The van der Waals surface area contributed by atoms with Crippen molar-refractivity contribution in [2.75, 3.05) is 19.8 Å². The first kappa shape index (κ1) is 15.9. The zero-order valence-electron chi connectivity index (χ0n) is 11.2. The molecule has 0 atom stereocenters. The number of rotatable bonds is 4. The second-order valence-corrected chi connectivity index (χ2v) is 6.44. The van der Waals surface area contributed by atoms with Gasteiger partial charge in [0.2, 0.25) is 10.0 Å². The summed E-state index contributed by atoms with van der Waals surface area (Å²) in [6, 6.07) is 2.68. The van der Waals surface area contributed by atoms with E-state index in [0.29, 0.717) is 13.2 Å². The van der Waals surface area contributed by atoms with Crippen LogP contribution in [0.3, 0.4) is 0 Å². The molecule has 0 bridgehead atoms. The van der Waals surface area contributed by atoms with Gasteiger partial charge in [-0.1, -0.05) is 0 Å². The number of esters is 1. The number of hydrogen-bond acceptors (Lipinski definition) is 5. The summed E-state index contributed by atoms with van der Waals surface area (Å²) < 4.78 is 46.1. The molecule has 0 aliphatic carbocycles. The minimum Gasteiger partial charge on any atom is -0.462 e. The Morgan fingerprint density at radius 1 is 1.33 bits per heavy atom. The van der Waals surface area contributed by atoms with Gasteiger partial charge in [0.05, 0.1) is 17.1 Å². The lowest BCUT2D eigenvalue weighted by Crippen LogP contribution is -2.22. The smallest absolute Gasteiger partial charge is 0.338 e. The number of primary sulfonamides is 1. The molecule has 1 fully saturated rings. The second-order valence-electron chi connectivity index (χ2n) is 4.87. The molecule has 1 aliphatic heterocycles. The molecule has 1 aromatic carbocycles. The van der Waals surface area contributed by atoms with Crippen LogP contribution in [0.5, 0.6) is 0 Å². The molecule has 2 N–H and O–H groups in total. The topological polar surface area (TPSA) is 95.7 Å². The minimum atomic E-state index is -4.08. The summed E-state index contributed by atoms with van der Waals surface area (Å²) in [4.78, 5) is 11.4. The fraction of sp³-hybridized carbons (Fsp3) is 0.462. The van der Waals surface area contributed by atoms with Crippen molar-refractivity contribution in [3.63, 3.8) is 0 Å². The number of hydrogen-bond donors (Lipinski definition) is 1. The first-order valence-corrected chi connectivity index (χ1v) is 7.99. The van der Waals surface area contributed by atoms with Gasteiger partial charge in [0.25, 0.3) is 0 Å². The van der Waals surface area contributed by atoms with Gasteiger partial charge in [0, 0.05) is 13.2 Å². The molecule has 1 heterocycles. The molecule has 8 heteroatoms. The van der Waals surface area contributed by atoms with Gasteiger partial charge in [0.1, 0.15) is 5.82 Å². The standard InChI is InChI=1S/C13H16FNO5S/c14-11-5-10(6-12(7-11)21(15,17)18)13(16)20-8-9-1-3-19-4-2-9/h5-7,9H,1-4,8H2,(H2,15,17,18). The number of carbonyl (C=O) groups is 1. The third kappa shape index (κ3) is 4.48. The summed E-state index contributed by atoms with van der Waals surface area (Å²) in [6.07, 6.45) is 1.58. The largest absolute Gasteiger partial charge is 0.462 e. The molecule has 6 nitrogen and oxygen atoms in total. The van der Waals surface area contributed by atoms with Crippen molar-refractivity contribution in [2.45, 2.75) is 17.7 Å². The van der Waals surface area contributed by atoms with Crippen LogP contribution in [0.1, 0.15) is 23.2 Å². The van der Waals surface area contributed by atoms with E-state index in [1.807, 2.05) is 0 Å². The number of ether oxygens (including phenoxy) is 2. The number of sulfonamides is 1. The minimum absolute atomic E-state index is 0.175. The van der Waals surface area contributed by atoms with Gasteiger partial charge in [-0.15, -0.1) is 0 Å². The number of nitrogens with two attached hydrogens (primary N) is 1. The molecule has 1 aliphatic rings. The average molecular weight is 317 g/mol. The third-order valence-corrected chi connectivity index (χ3v) is 4.12. The monoisotopic (exact) mass is 317 g/mol. The van der Waals surface area contributed by atoms with E-state index in [9.17, 15) is 17.6 Å². The number of benzene rings is 1.